The van der Waals surface area contributed by atoms with Gasteiger partial charge in [0.2, 0.25) is 5.13 Å². The Morgan fingerprint density at radius 2 is 2.38 bits per heavy atom. The molecule has 2 aliphatic heterocycles. The van der Waals surface area contributed by atoms with Gasteiger partial charge in [0.15, 0.2) is 0 Å². The van der Waals surface area contributed by atoms with Crippen molar-refractivity contribution in [3.8, 4) is 0 Å². The Morgan fingerprint density at radius 1 is 1.44 bits per heavy atom. The number of hydrogen-bond acceptors (Lipinski definition) is 5. The quantitative estimate of drug-likeness (QED) is 0.875. The second kappa shape index (κ2) is 4.30. The molecule has 5 heteroatoms. The zero-order chi connectivity index (χ0) is 11.0. The summed E-state index contributed by atoms with van der Waals surface area (Å²) >= 11 is 1.68. The van der Waals surface area contributed by atoms with Gasteiger partial charge in [0.05, 0.1) is 18.2 Å². The van der Waals surface area contributed by atoms with E-state index < -0.39 is 0 Å². The van der Waals surface area contributed by atoms with Crippen molar-refractivity contribution in [2.75, 3.05) is 5.32 Å². The summed E-state index contributed by atoms with van der Waals surface area (Å²) in [6, 6.07) is 0.459. The van der Waals surface area contributed by atoms with Crippen molar-refractivity contribution in [2.24, 2.45) is 0 Å². The molecule has 1 aromatic rings. The number of hydrogen-bond donors (Lipinski definition) is 1. The molecule has 3 heterocycles. The molecule has 16 heavy (non-hydrogen) atoms. The molecule has 2 saturated heterocycles. The van der Waals surface area contributed by atoms with Gasteiger partial charge in [-0.3, -0.25) is 0 Å². The van der Waals surface area contributed by atoms with Gasteiger partial charge in [-0.1, -0.05) is 18.3 Å². The van der Waals surface area contributed by atoms with Gasteiger partial charge >= 0.3 is 0 Å². The van der Waals surface area contributed by atoms with E-state index in [4.69, 9.17) is 4.74 Å². The number of ether oxygens (including phenoxy) is 1. The van der Waals surface area contributed by atoms with Gasteiger partial charge in [-0.15, -0.1) is 10.2 Å². The fraction of sp³-hybridized carbons (Fsp3) is 0.818. The van der Waals surface area contributed by atoms with E-state index >= 15 is 0 Å². The number of nitrogens with zero attached hydrogens (tertiary/aromatic N) is 2. The Bertz CT molecular complexity index is 368. The van der Waals surface area contributed by atoms with Gasteiger partial charge in [0, 0.05) is 6.42 Å². The SMILES string of the molecule is CCCc1nnc(N[C@H]2C[C@H]3CC[C@H]2O3)s1. The van der Waals surface area contributed by atoms with E-state index in [2.05, 4.69) is 22.4 Å². The second-order valence-electron chi connectivity index (χ2n) is 4.61. The minimum Gasteiger partial charge on any atom is -0.373 e. The van der Waals surface area contributed by atoms with Crippen LogP contribution in [0.2, 0.25) is 0 Å². The van der Waals surface area contributed by atoms with Crippen molar-refractivity contribution >= 4 is 16.5 Å². The minimum atomic E-state index is 0.406. The van der Waals surface area contributed by atoms with Crippen LogP contribution in [0.15, 0.2) is 0 Å². The first-order valence-electron chi connectivity index (χ1n) is 6.09. The highest BCUT2D eigenvalue weighted by Gasteiger charge is 2.41. The maximum atomic E-state index is 5.81. The number of rotatable bonds is 4. The third-order valence-electron chi connectivity index (χ3n) is 3.35. The first-order chi connectivity index (χ1) is 7.85. The maximum absolute atomic E-state index is 5.81. The maximum Gasteiger partial charge on any atom is 0.205 e. The molecule has 0 spiro atoms. The number of aryl methyl sites for hydroxylation is 1. The summed E-state index contributed by atoms with van der Waals surface area (Å²) in [4.78, 5) is 0. The molecule has 0 saturated carbocycles. The van der Waals surface area contributed by atoms with E-state index in [1.54, 1.807) is 11.3 Å². The van der Waals surface area contributed by atoms with E-state index in [0.717, 1.165) is 29.4 Å². The molecular weight excluding hydrogens is 222 g/mol. The summed E-state index contributed by atoms with van der Waals surface area (Å²) in [7, 11) is 0. The molecule has 0 radical (unpaired) electrons. The predicted octanol–water partition coefficient (Wildman–Crippen LogP) is 2.22. The summed E-state index contributed by atoms with van der Waals surface area (Å²) < 4.78 is 5.81. The van der Waals surface area contributed by atoms with Crippen molar-refractivity contribution in [2.45, 2.75) is 57.3 Å². The number of nitrogens with one attached hydrogen (secondary N) is 1. The van der Waals surface area contributed by atoms with Gasteiger partial charge in [-0.2, -0.15) is 0 Å². The molecule has 3 atom stereocenters. The molecule has 0 aliphatic carbocycles. The van der Waals surface area contributed by atoms with Crippen molar-refractivity contribution < 1.29 is 4.74 Å². The zero-order valence-electron chi connectivity index (χ0n) is 9.48. The lowest BCUT2D eigenvalue weighted by Crippen LogP contribution is -2.30. The third-order valence-corrected chi connectivity index (χ3v) is 4.26. The Morgan fingerprint density at radius 3 is 3.06 bits per heavy atom. The third kappa shape index (κ3) is 1.94. The Balaban J connectivity index is 1.61. The molecule has 2 aliphatic rings. The molecule has 88 valence electrons. The van der Waals surface area contributed by atoms with Crippen molar-refractivity contribution in [1.82, 2.24) is 10.2 Å². The van der Waals surface area contributed by atoms with Crippen LogP contribution in [0.3, 0.4) is 0 Å². The average molecular weight is 239 g/mol. The van der Waals surface area contributed by atoms with Crippen LogP contribution in [-0.4, -0.2) is 28.4 Å². The molecule has 0 amide bonds. The molecule has 2 fully saturated rings. The summed E-state index contributed by atoms with van der Waals surface area (Å²) in [5.74, 6) is 0. The normalized spacial score (nSPS) is 32.2. The van der Waals surface area contributed by atoms with Crippen LogP contribution < -0.4 is 5.32 Å². The Hall–Kier alpha value is -0.680. The summed E-state index contributed by atoms with van der Waals surface area (Å²) in [6.45, 7) is 2.16. The van der Waals surface area contributed by atoms with Crippen LogP contribution in [0.25, 0.3) is 0 Å². The van der Waals surface area contributed by atoms with Crippen LogP contribution in [0.5, 0.6) is 0 Å². The van der Waals surface area contributed by atoms with Gasteiger partial charge in [-0.05, 0) is 25.7 Å². The topological polar surface area (TPSA) is 47.0 Å². The highest BCUT2D eigenvalue weighted by Crippen LogP contribution is 2.36. The lowest BCUT2D eigenvalue weighted by Gasteiger charge is -2.18. The number of anilines is 1. The smallest absolute Gasteiger partial charge is 0.205 e. The highest BCUT2D eigenvalue weighted by molar-refractivity contribution is 7.15. The molecule has 1 N–H and O–H groups in total. The van der Waals surface area contributed by atoms with Crippen molar-refractivity contribution in [1.29, 1.82) is 0 Å². The van der Waals surface area contributed by atoms with Crippen LogP contribution in [-0.2, 0) is 11.2 Å². The largest absolute Gasteiger partial charge is 0.373 e. The molecule has 0 aromatic carbocycles. The standard InChI is InChI=1S/C11H17N3OS/c1-2-3-10-13-14-11(16-10)12-8-6-7-4-5-9(8)15-7/h7-9H,2-6H2,1H3,(H,12,14)/t7-,8+,9-/m1/s1. The van der Waals surface area contributed by atoms with Crippen LogP contribution >= 0.6 is 11.3 Å². The van der Waals surface area contributed by atoms with Gasteiger partial charge in [-0.25, -0.2) is 0 Å². The molecule has 0 unspecified atom stereocenters. The Kier molecular flexibility index (Phi) is 2.81. The first-order valence-corrected chi connectivity index (χ1v) is 6.91. The zero-order valence-corrected chi connectivity index (χ0v) is 10.3. The molecular formula is C11H17N3OS. The fourth-order valence-electron chi connectivity index (χ4n) is 2.58. The predicted molar refractivity (Wildman–Crippen MR) is 63.8 cm³/mol. The monoisotopic (exact) mass is 239 g/mol. The summed E-state index contributed by atoms with van der Waals surface area (Å²) in [5.41, 5.74) is 0. The van der Waals surface area contributed by atoms with Crippen LogP contribution in [0.4, 0.5) is 5.13 Å². The summed E-state index contributed by atoms with van der Waals surface area (Å²) in [6.07, 6.45) is 6.63. The van der Waals surface area contributed by atoms with E-state index in [1.807, 2.05) is 0 Å². The molecule has 1 aromatic heterocycles. The Labute approximate surface area is 99.4 Å². The molecule has 3 rings (SSSR count). The van der Waals surface area contributed by atoms with E-state index in [1.165, 1.54) is 12.8 Å². The lowest BCUT2D eigenvalue weighted by molar-refractivity contribution is 0.102. The number of aromatic nitrogens is 2. The highest BCUT2D eigenvalue weighted by atomic mass is 32.1. The average Bonchev–Trinajstić information content (AvgIpc) is 2.95. The van der Waals surface area contributed by atoms with E-state index in [0.29, 0.717) is 18.2 Å². The number of fused-ring (bicyclic) bond motifs is 2. The van der Waals surface area contributed by atoms with Gasteiger partial charge < -0.3 is 10.1 Å². The van der Waals surface area contributed by atoms with Crippen molar-refractivity contribution in [3.05, 3.63) is 5.01 Å². The van der Waals surface area contributed by atoms with Gasteiger partial charge in [0.25, 0.3) is 0 Å². The van der Waals surface area contributed by atoms with E-state index in [-0.39, 0.29) is 0 Å². The summed E-state index contributed by atoms with van der Waals surface area (Å²) in [5, 5.41) is 13.9. The first kappa shape index (κ1) is 10.5. The lowest BCUT2D eigenvalue weighted by atomic mass is 9.96. The van der Waals surface area contributed by atoms with E-state index in [9.17, 15) is 0 Å². The fourth-order valence-corrected chi connectivity index (χ4v) is 3.48. The van der Waals surface area contributed by atoms with Crippen LogP contribution in [0, 0.1) is 0 Å². The second-order valence-corrected chi connectivity index (χ2v) is 5.67. The van der Waals surface area contributed by atoms with Crippen molar-refractivity contribution in [3.63, 3.8) is 0 Å². The minimum absolute atomic E-state index is 0.406. The molecule has 4 nitrogen and oxygen atoms in total. The van der Waals surface area contributed by atoms with Crippen LogP contribution in [0.1, 0.15) is 37.6 Å². The molecule has 2 bridgehead atoms. The van der Waals surface area contributed by atoms with Gasteiger partial charge in [0.1, 0.15) is 5.01 Å².